The van der Waals surface area contributed by atoms with Crippen molar-refractivity contribution in [1.82, 2.24) is 9.88 Å². The number of rotatable bonds is 9. The summed E-state index contributed by atoms with van der Waals surface area (Å²) in [5, 5.41) is 20.0. The molecular formula is C19H27N3O4. The molecule has 0 amide bonds. The summed E-state index contributed by atoms with van der Waals surface area (Å²) in [6.45, 7) is 9.26. The van der Waals surface area contributed by atoms with Crippen LogP contribution in [0.25, 0.3) is 11.3 Å². The summed E-state index contributed by atoms with van der Waals surface area (Å²) in [6.07, 6.45) is 2.99. The maximum atomic E-state index is 10.9. The van der Waals surface area contributed by atoms with E-state index in [1.54, 1.807) is 18.3 Å². The predicted octanol–water partition coefficient (Wildman–Crippen LogP) is 3.52. The summed E-state index contributed by atoms with van der Waals surface area (Å²) >= 11 is 0. The molecule has 0 unspecified atom stereocenters. The van der Waals surface area contributed by atoms with E-state index in [0.29, 0.717) is 23.6 Å². The first kappa shape index (κ1) is 20.1. The van der Waals surface area contributed by atoms with Crippen LogP contribution in [0.4, 0.5) is 5.69 Å². The molecule has 2 aromatic rings. The van der Waals surface area contributed by atoms with Crippen molar-refractivity contribution < 1.29 is 14.4 Å². The number of aliphatic hydroxyl groups is 1. The van der Waals surface area contributed by atoms with Gasteiger partial charge in [-0.3, -0.25) is 10.1 Å². The molecule has 1 heterocycles. The molecule has 0 spiro atoms. The van der Waals surface area contributed by atoms with E-state index < -0.39 is 4.92 Å². The molecule has 0 fully saturated rings. The lowest BCUT2D eigenvalue weighted by Crippen LogP contribution is -2.35. The van der Waals surface area contributed by atoms with Gasteiger partial charge in [0, 0.05) is 50.4 Å². The number of benzene rings is 1. The van der Waals surface area contributed by atoms with Crippen molar-refractivity contribution in [2.24, 2.45) is 5.41 Å². The Hall–Kier alpha value is -2.25. The zero-order valence-electron chi connectivity index (χ0n) is 15.6. The normalized spacial score (nSPS) is 11.9. The molecule has 1 aromatic heterocycles. The molecular weight excluding hydrogens is 334 g/mol. The van der Waals surface area contributed by atoms with E-state index in [4.69, 9.17) is 9.52 Å². The van der Waals surface area contributed by atoms with Gasteiger partial charge in [0.15, 0.2) is 11.7 Å². The highest BCUT2D eigenvalue weighted by Crippen LogP contribution is 2.25. The van der Waals surface area contributed by atoms with Crippen molar-refractivity contribution in [2.45, 2.75) is 33.6 Å². The highest BCUT2D eigenvalue weighted by Gasteiger charge is 2.17. The van der Waals surface area contributed by atoms with Gasteiger partial charge in [0.1, 0.15) is 0 Å². The summed E-state index contributed by atoms with van der Waals surface area (Å²) in [6, 6.07) is 6.34. The van der Waals surface area contributed by atoms with Crippen molar-refractivity contribution in [2.75, 3.05) is 26.2 Å². The highest BCUT2D eigenvalue weighted by molar-refractivity contribution is 5.60. The van der Waals surface area contributed by atoms with Crippen LogP contribution < -0.4 is 0 Å². The van der Waals surface area contributed by atoms with Crippen LogP contribution in [0.3, 0.4) is 0 Å². The van der Waals surface area contributed by atoms with Gasteiger partial charge in [-0.15, -0.1) is 0 Å². The van der Waals surface area contributed by atoms with Crippen LogP contribution in [0.15, 0.2) is 34.9 Å². The van der Waals surface area contributed by atoms with Crippen molar-refractivity contribution in [3.05, 3.63) is 46.5 Å². The molecule has 0 saturated carbocycles. The first-order valence-electron chi connectivity index (χ1n) is 8.81. The number of nitro benzene ring substituents is 1. The van der Waals surface area contributed by atoms with E-state index in [1.807, 2.05) is 0 Å². The van der Waals surface area contributed by atoms with Crippen molar-refractivity contribution in [1.29, 1.82) is 0 Å². The standard InChI is InChI=1S/C19H27N3O4/c1-19(2,3)14-21(9-5-11-23)10-8-18-20-13-17(26-18)15-6-4-7-16(12-15)22(24)25/h4,6-7,12-13,23H,5,8-11,14H2,1-3H3. The summed E-state index contributed by atoms with van der Waals surface area (Å²) in [5.74, 6) is 1.14. The third-order valence-electron chi connectivity index (χ3n) is 3.87. The molecule has 7 nitrogen and oxygen atoms in total. The predicted molar refractivity (Wildman–Crippen MR) is 99.9 cm³/mol. The average Bonchev–Trinajstić information content (AvgIpc) is 3.05. The Bertz CT molecular complexity index is 722. The molecule has 1 aromatic carbocycles. The Morgan fingerprint density at radius 2 is 2.08 bits per heavy atom. The minimum atomic E-state index is -0.424. The Balaban J connectivity index is 2.02. The van der Waals surface area contributed by atoms with Gasteiger partial charge in [-0.1, -0.05) is 32.9 Å². The fourth-order valence-corrected chi connectivity index (χ4v) is 2.82. The Labute approximate surface area is 153 Å². The van der Waals surface area contributed by atoms with Gasteiger partial charge < -0.3 is 14.4 Å². The monoisotopic (exact) mass is 361 g/mol. The zero-order valence-corrected chi connectivity index (χ0v) is 15.6. The molecule has 0 radical (unpaired) electrons. The fraction of sp³-hybridized carbons (Fsp3) is 0.526. The third-order valence-corrected chi connectivity index (χ3v) is 3.87. The average molecular weight is 361 g/mol. The number of non-ortho nitro benzene ring substituents is 1. The van der Waals surface area contributed by atoms with Crippen molar-refractivity contribution in [3.8, 4) is 11.3 Å². The second-order valence-corrected chi connectivity index (χ2v) is 7.59. The van der Waals surface area contributed by atoms with Crippen LogP contribution in [0, 0.1) is 15.5 Å². The molecule has 0 bridgehead atoms. The van der Waals surface area contributed by atoms with E-state index in [2.05, 4.69) is 30.7 Å². The maximum Gasteiger partial charge on any atom is 0.270 e. The number of hydrogen-bond donors (Lipinski definition) is 1. The third kappa shape index (κ3) is 6.24. The second-order valence-electron chi connectivity index (χ2n) is 7.59. The summed E-state index contributed by atoms with van der Waals surface area (Å²) in [4.78, 5) is 17.1. The molecule has 7 heteroatoms. The number of aromatic nitrogens is 1. The number of hydrogen-bond acceptors (Lipinski definition) is 6. The molecule has 0 aliphatic carbocycles. The van der Waals surface area contributed by atoms with E-state index >= 15 is 0 Å². The second kappa shape index (κ2) is 8.91. The largest absolute Gasteiger partial charge is 0.441 e. The summed E-state index contributed by atoms with van der Waals surface area (Å²) in [7, 11) is 0. The van der Waals surface area contributed by atoms with Crippen molar-refractivity contribution >= 4 is 5.69 Å². The minimum Gasteiger partial charge on any atom is -0.441 e. The minimum absolute atomic E-state index is 0.0285. The van der Waals surface area contributed by atoms with Crippen LogP contribution in [-0.4, -0.2) is 46.2 Å². The van der Waals surface area contributed by atoms with Gasteiger partial charge in [-0.25, -0.2) is 4.98 Å². The van der Waals surface area contributed by atoms with Crippen LogP contribution in [0.1, 0.15) is 33.1 Å². The molecule has 0 saturated heterocycles. The molecule has 26 heavy (non-hydrogen) atoms. The quantitative estimate of drug-likeness (QED) is 0.542. The lowest BCUT2D eigenvalue weighted by molar-refractivity contribution is -0.384. The summed E-state index contributed by atoms with van der Waals surface area (Å²) < 4.78 is 5.78. The Kier molecular flexibility index (Phi) is 6.88. The lowest BCUT2D eigenvalue weighted by Gasteiger charge is -2.29. The molecule has 2 rings (SSSR count). The zero-order chi connectivity index (χ0) is 19.2. The van der Waals surface area contributed by atoms with Gasteiger partial charge in [-0.05, 0) is 11.8 Å². The molecule has 0 aliphatic heterocycles. The van der Waals surface area contributed by atoms with Gasteiger partial charge in [0.25, 0.3) is 5.69 Å². The molecule has 0 aliphatic rings. The number of aliphatic hydroxyl groups excluding tert-OH is 1. The Morgan fingerprint density at radius 3 is 2.73 bits per heavy atom. The van der Waals surface area contributed by atoms with E-state index in [-0.39, 0.29) is 17.7 Å². The van der Waals surface area contributed by atoms with Crippen molar-refractivity contribution in [3.63, 3.8) is 0 Å². The van der Waals surface area contributed by atoms with Crippen LogP contribution in [0.5, 0.6) is 0 Å². The Morgan fingerprint density at radius 1 is 1.31 bits per heavy atom. The van der Waals surface area contributed by atoms with E-state index in [1.165, 1.54) is 12.1 Å². The number of oxazole rings is 1. The van der Waals surface area contributed by atoms with Crippen LogP contribution >= 0.6 is 0 Å². The van der Waals surface area contributed by atoms with E-state index in [0.717, 1.165) is 26.1 Å². The van der Waals surface area contributed by atoms with Gasteiger partial charge in [-0.2, -0.15) is 0 Å². The van der Waals surface area contributed by atoms with E-state index in [9.17, 15) is 10.1 Å². The summed E-state index contributed by atoms with van der Waals surface area (Å²) in [5.41, 5.74) is 0.839. The maximum absolute atomic E-state index is 10.9. The first-order chi connectivity index (χ1) is 12.3. The first-order valence-corrected chi connectivity index (χ1v) is 8.81. The van der Waals surface area contributed by atoms with Crippen LogP contribution in [0.2, 0.25) is 0 Å². The van der Waals surface area contributed by atoms with Gasteiger partial charge >= 0.3 is 0 Å². The smallest absolute Gasteiger partial charge is 0.270 e. The highest BCUT2D eigenvalue weighted by atomic mass is 16.6. The van der Waals surface area contributed by atoms with Gasteiger partial charge in [0.2, 0.25) is 0 Å². The fourth-order valence-electron chi connectivity index (χ4n) is 2.82. The molecule has 142 valence electrons. The number of nitrogens with zero attached hydrogens (tertiary/aromatic N) is 3. The topological polar surface area (TPSA) is 92.6 Å². The molecule has 1 N–H and O–H groups in total. The lowest BCUT2D eigenvalue weighted by atomic mass is 9.96. The SMILES string of the molecule is CC(C)(C)CN(CCCO)CCc1ncc(-c2cccc([N+](=O)[O-])c2)o1. The van der Waals surface area contributed by atoms with Crippen LogP contribution in [-0.2, 0) is 6.42 Å². The van der Waals surface area contributed by atoms with Gasteiger partial charge in [0.05, 0.1) is 11.1 Å². The molecule has 0 atom stereocenters. The number of nitro groups is 1.